The van der Waals surface area contributed by atoms with E-state index in [1.807, 2.05) is 19.9 Å². The maximum absolute atomic E-state index is 11.0. The summed E-state index contributed by atoms with van der Waals surface area (Å²) in [6.07, 6.45) is 1.18. The fraction of sp³-hybridized carbons (Fsp3) is 0.545. The van der Waals surface area contributed by atoms with Gasteiger partial charge in [0.2, 0.25) is 0 Å². The van der Waals surface area contributed by atoms with Gasteiger partial charge in [0.25, 0.3) is 0 Å². The van der Waals surface area contributed by atoms with Gasteiger partial charge in [-0.3, -0.25) is 0 Å². The minimum Gasteiger partial charge on any atom is -0.437 e. The molecule has 0 bridgehead atoms. The van der Waals surface area contributed by atoms with Crippen LogP contribution in [0.3, 0.4) is 0 Å². The first-order valence-corrected chi connectivity index (χ1v) is 8.46. The monoisotopic (exact) mass is 228 g/mol. The molecule has 0 saturated carbocycles. The van der Waals surface area contributed by atoms with Crippen LogP contribution in [0.1, 0.15) is 13.8 Å². The fourth-order valence-corrected chi connectivity index (χ4v) is 1.41. The Hall–Kier alpha value is -1.03. The predicted octanol–water partition coefficient (Wildman–Crippen LogP) is 3.50. The van der Waals surface area contributed by atoms with Crippen LogP contribution in [0.15, 0.2) is 23.1 Å². The van der Waals surface area contributed by atoms with Crippen LogP contribution in [0.25, 0.3) is 0 Å². The van der Waals surface area contributed by atoms with E-state index in [0.717, 1.165) is 5.57 Å². The van der Waals surface area contributed by atoms with Crippen LogP contribution in [0.2, 0.25) is 19.6 Å². The van der Waals surface area contributed by atoms with Gasteiger partial charge in [-0.2, -0.15) is 0 Å². The van der Waals surface area contributed by atoms with Gasteiger partial charge in [0, 0.05) is 0 Å². The largest absolute Gasteiger partial charge is 0.513 e. The van der Waals surface area contributed by atoms with Gasteiger partial charge in [-0.1, -0.05) is 25.3 Å². The van der Waals surface area contributed by atoms with E-state index in [2.05, 4.69) is 30.1 Å². The average Bonchev–Trinajstić information content (AvgIpc) is 2.09. The van der Waals surface area contributed by atoms with E-state index < -0.39 is 14.2 Å². The lowest BCUT2D eigenvalue weighted by molar-refractivity contribution is 0.0992. The third-order valence-electron chi connectivity index (χ3n) is 1.59. The Labute approximate surface area is 92.8 Å². The van der Waals surface area contributed by atoms with Gasteiger partial charge in [0.1, 0.15) is 5.76 Å². The second-order valence-electron chi connectivity index (χ2n) is 4.62. The number of allylic oxidation sites excluding steroid dienone is 2. The van der Waals surface area contributed by atoms with Crippen molar-refractivity contribution in [2.45, 2.75) is 33.5 Å². The zero-order valence-corrected chi connectivity index (χ0v) is 11.4. The lowest BCUT2D eigenvalue weighted by atomic mass is 10.3. The molecule has 0 heterocycles. The average molecular weight is 228 g/mol. The molecule has 0 unspecified atom stereocenters. The Kier molecular flexibility index (Phi) is 5.36. The Bertz CT molecular complexity index is 281. The molecule has 0 aromatic heterocycles. The summed E-state index contributed by atoms with van der Waals surface area (Å²) in [6, 6.07) is 0. The Balaban J connectivity index is 4.67. The number of ether oxygens (including phenoxy) is 2. The molecule has 0 atom stereocenters. The van der Waals surface area contributed by atoms with Crippen molar-refractivity contribution in [3.8, 4) is 0 Å². The zero-order chi connectivity index (χ0) is 12.1. The molecule has 0 radical (unpaired) electrons. The smallest absolute Gasteiger partial charge is 0.437 e. The summed E-state index contributed by atoms with van der Waals surface area (Å²) in [5, 5.41) is 0. The van der Waals surface area contributed by atoms with Crippen molar-refractivity contribution in [2.75, 3.05) is 7.11 Å². The molecule has 4 heteroatoms. The molecule has 0 aliphatic heterocycles. The Morgan fingerprint density at radius 2 is 1.73 bits per heavy atom. The molecule has 0 rings (SSSR count). The van der Waals surface area contributed by atoms with Crippen LogP contribution in [0.4, 0.5) is 4.79 Å². The van der Waals surface area contributed by atoms with Crippen LogP contribution < -0.4 is 0 Å². The van der Waals surface area contributed by atoms with Crippen LogP contribution >= 0.6 is 0 Å². The van der Waals surface area contributed by atoms with Crippen molar-refractivity contribution < 1.29 is 14.3 Å². The van der Waals surface area contributed by atoms with Crippen LogP contribution in [-0.2, 0) is 9.47 Å². The maximum atomic E-state index is 11.0. The molecular weight excluding hydrogens is 208 g/mol. The van der Waals surface area contributed by atoms with Crippen LogP contribution in [-0.4, -0.2) is 21.3 Å². The molecule has 0 aromatic rings. The summed E-state index contributed by atoms with van der Waals surface area (Å²) in [5.41, 5.74) is 3.08. The van der Waals surface area contributed by atoms with E-state index >= 15 is 0 Å². The SMILES string of the molecule is COC(=O)OC(/C=C/[Si](C)(C)C)=C(C)C. The van der Waals surface area contributed by atoms with Gasteiger partial charge in [-0.25, -0.2) is 4.79 Å². The molecule has 0 aliphatic rings. The second kappa shape index (κ2) is 5.75. The Morgan fingerprint density at radius 1 is 1.20 bits per heavy atom. The molecule has 0 saturated heterocycles. The molecule has 86 valence electrons. The molecule has 15 heavy (non-hydrogen) atoms. The molecule has 0 spiro atoms. The van der Waals surface area contributed by atoms with Gasteiger partial charge < -0.3 is 9.47 Å². The minimum atomic E-state index is -1.27. The number of rotatable bonds is 3. The van der Waals surface area contributed by atoms with Gasteiger partial charge >= 0.3 is 6.16 Å². The third-order valence-corrected chi connectivity index (χ3v) is 2.75. The number of methoxy groups -OCH3 is 1. The minimum absolute atomic E-state index is 0.573. The lowest BCUT2D eigenvalue weighted by Gasteiger charge is -2.10. The van der Waals surface area contributed by atoms with Crippen molar-refractivity contribution in [1.29, 1.82) is 0 Å². The van der Waals surface area contributed by atoms with Crippen molar-refractivity contribution in [1.82, 2.24) is 0 Å². The van der Waals surface area contributed by atoms with Gasteiger partial charge in [-0.15, -0.1) is 0 Å². The first kappa shape index (κ1) is 14.0. The summed E-state index contributed by atoms with van der Waals surface area (Å²) < 4.78 is 9.46. The van der Waals surface area contributed by atoms with Crippen molar-refractivity contribution in [3.05, 3.63) is 23.1 Å². The van der Waals surface area contributed by atoms with Crippen molar-refractivity contribution in [2.24, 2.45) is 0 Å². The summed E-state index contributed by atoms with van der Waals surface area (Å²) in [6.45, 7) is 10.4. The van der Waals surface area contributed by atoms with Crippen LogP contribution in [0.5, 0.6) is 0 Å². The quantitative estimate of drug-likeness (QED) is 0.321. The van der Waals surface area contributed by atoms with Crippen molar-refractivity contribution in [3.63, 3.8) is 0 Å². The molecule has 0 aliphatic carbocycles. The highest BCUT2D eigenvalue weighted by atomic mass is 28.3. The van der Waals surface area contributed by atoms with E-state index in [1.54, 1.807) is 0 Å². The van der Waals surface area contributed by atoms with E-state index in [9.17, 15) is 4.79 Å². The molecular formula is C11H20O3Si. The van der Waals surface area contributed by atoms with E-state index in [-0.39, 0.29) is 0 Å². The number of carbonyl (C=O) groups is 1. The number of hydrogen-bond donors (Lipinski definition) is 0. The van der Waals surface area contributed by atoms with Crippen molar-refractivity contribution >= 4 is 14.2 Å². The van der Waals surface area contributed by atoms with Gasteiger partial charge in [0.05, 0.1) is 15.2 Å². The highest BCUT2D eigenvalue weighted by Crippen LogP contribution is 2.11. The van der Waals surface area contributed by atoms with Crippen LogP contribution in [0, 0.1) is 0 Å². The molecule has 3 nitrogen and oxygen atoms in total. The summed E-state index contributed by atoms with van der Waals surface area (Å²) in [5.74, 6) is 0.573. The van der Waals surface area contributed by atoms with Gasteiger partial charge in [0.15, 0.2) is 0 Å². The first-order chi connectivity index (χ1) is 6.76. The zero-order valence-electron chi connectivity index (χ0n) is 10.4. The number of carbonyl (C=O) groups excluding carboxylic acids is 1. The maximum Gasteiger partial charge on any atom is 0.513 e. The topological polar surface area (TPSA) is 35.5 Å². The summed E-state index contributed by atoms with van der Waals surface area (Å²) >= 11 is 0. The van der Waals surface area contributed by atoms with E-state index in [4.69, 9.17) is 4.74 Å². The summed E-state index contributed by atoms with van der Waals surface area (Å²) in [7, 11) is 0.0249. The highest BCUT2D eigenvalue weighted by Gasteiger charge is 2.10. The first-order valence-electron chi connectivity index (χ1n) is 4.89. The van der Waals surface area contributed by atoms with Gasteiger partial charge in [-0.05, 0) is 25.5 Å². The summed E-state index contributed by atoms with van der Waals surface area (Å²) in [4.78, 5) is 11.0. The molecule has 0 N–H and O–H groups in total. The molecule has 0 amide bonds. The van der Waals surface area contributed by atoms with E-state index in [1.165, 1.54) is 7.11 Å². The molecule has 0 fully saturated rings. The third kappa shape index (κ3) is 6.96. The number of hydrogen-bond acceptors (Lipinski definition) is 3. The van der Waals surface area contributed by atoms with E-state index in [0.29, 0.717) is 5.76 Å². The standard InChI is InChI=1S/C11H20O3Si/c1-9(2)10(14-11(12)13-3)7-8-15(4,5)6/h7-8H,1-6H3/b8-7+. The predicted molar refractivity (Wildman–Crippen MR) is 64.4 cm³/mol. The molecule has 0 aromatic carbocycles. The normalized spacial score (nSPS) is 11.3. The highest BCUT2D eigenvalue weighted by molar-refractivity contribution is 6.81. The lowest BCUT2D eigenvalue weighted by Crippen LogP contribution is -2.16. The Morgan fingerprint density at radius 3 is 2.07 bits per heavy atom. The fourth-order valence-electron chi connectivity index (χ4n) is 0.760. The second-order valence-corrected chi connectivity index (χ2v) is 9.69.